The monoisotopic (exact) mass is 617 g/mol. The molecule has 0 aliphatic heterocycles. The molecule has 0 N–H and O–H groups in total. The Morgan fingerprint density at radius 2 is 1.20 bits per heavy atom. The highest BCUT2D eigenvalue weighted by Gasteiger charge is 2.17. The summed E-state index contributed by atoms with van der Waals surface area (Å²) in [6.07, 6.45) is 1.69. The molecule has 0 bridgehead atoms. The minimum absolute atomic E-state index is 0.00328. The van der Waals surface area contributed by atoms with Crippen LogP contribution < -0.4 is 18.9 Å². The van der Waals surface area contributed by atoms with Crippen LogP contribution in [0.25, 0.3) is 0 Å². The quantitative estimate of drug-likeness (QED) is 0.0477. The molecule has 226 valence electrons. The van der Waals surface area contributed by atoms with E-state index in [1.54, 1.807) is 48.5 Å². The highest BCUT2D eigenvalue weighted by Crippen LogP contribution is 2.36. The molecule has 0 radical (unpaired) electrons. The standard InChI is InChI=1S/C32H28ClN3O8/c1-3-17-41-24-10-5-21(6-11-24)31(37)43-26-14-16-29(35-34-28-15-9-23(36(39)40)19-27(28)33)30(20-26)44-32(38)22-7-12-25(13-8-22)42-18-4-2/h5-16,19-20H,3-4,17-18H2,1-2H3. The number of ether oxygens (including phenoxy) is 4. The van der Waals surface area contributed by atoms with Gasteiger partial charge in [0.2, 0.25) is 0 Å². The van der Waals surface area contributed by atoms with Crippen LogP contribution in [0.1, 0.15) is 47.4 Å². The van der Waals surface area contributed by atoms with Crippen LogP contribution in [0.15, 0.2) is 95.2 Å². The van der Waals surface area contributed by atoms with E-state index in [1.807, 2.05) is 13.8 Å². The Hall–Kier alpha value is -5.29. The molecule has 0 aliphatic rings. The zero-order chi connectivity index (χ0) is 31.5. The summed E-state index contributed by atoms with van der Waals surface area (Å²) in [5.74, 6) is -0.0828. The van der Waals surface area contributed by atoms with Gasteiger partial charge in [0.05, 0.1) is 34.3 Å². The minimum Gasteiger partial charge on any atom is -0.494 e. The van der Waals surface area contributed by atoms with E-state index in [1.165, 1.54) is 30.3 Å². The van der Waals surface area contributed by atoms with Crippen molar-refractivity contribution in [2.45, 2.75) is 26.7 Å². The summed E-state index contributed by atoms with van der Waals surface area (Å²) >= 11 is 6.14. The number of carbonyl (C=O) groups is 2. The van der Waals surface area contributed by atoms with Gasteiger partial charge in [0.25, 0.3) is 5.69 Å². The van der Waals surface area contributed by atoms with Crippen LogP contribution in [0.4, 0.5) is 17.1 Å². The van der Waals surface area contributed by atoms with E-state index < -0.39 is 16.9 Å². The topological polar surface area (TPSA) is 139 Å². The second-order valence-corrected chi connectivity index (χ2v) is 9.65. The lowest BCUT2D eigenvalue weighted by Crippen LogP contribution is -2.10. The molecule has 12 heteroatoms. The number of halogens is 1. The molecule has 0 unspecified atom stereocenters. The number of nitro benzene ring substituents is 1. The highest BCUT2D eigenvalue weighted by atomic mass is 35.5. The van der Waals surface area contributed by atoms with E-state index in [4.69, 9.17) is 30.5 Å². The van der Waals surface area contributed by atoms with Crippen LogP contribution in [-0.2, 0) is 0 Å². The van der Waals surface area contributed by atoms with E-state index in [0.717, 1.165) is 18.9 Å². The van der Waals surface area contributed by atoms with Gasteiger partial charge in [-0.25, -0.2) is 9.59 Å². The van der Waals surface area contributed by atoms with Gasteiger partial charge in [-0.3, -0.25) is 10.1 Å². The molecule has 4 aromatic rings. The van der Waals surface area contributed by atoms with E-state index in [-0.39, 0.29) is 44.7 Å². The maximum Gasteiger partial charge on any atom is 0.343 e. The van der Waals surface area contributed by atoms with Crippen LogP contribution in [0.5, 0.6) is 23.0 Å². The van der Waals surface area contributed by atoms with Gasteiger partial charge in [0.15, 0.2) is 5.75 Å². The van der Waals surface area contributed by atoms with Gasteiger partial charge < -0.3 is 18.9 Å². The minimum atomic E-state index is -0.706. The van der Waals surface area contributed by atoms with Crippen molar-refractivity contribution < 1.29 is 33.5 Å². The molecule has 0 aromatic heterocycles. The van der Waals surface area contributed by atoms with Crippen molar-refractivity contribution in [3.8, 4) is 23.0 Å². The first-order valence-corrected chi connectivity index (χ1v) is 14.0. The first-order chi connectivity index (χ1) is 21.3. The zero-order valence-electron chi connectivity index (χ0n) is 23.9. The van der Waals surface area contributed by atoms with Crippen molar-refractivity contribution in [2.75, 3.05) is 13.2 Å². The number of rotatable bonds is 13. The molecule has 0 saturated carbocycles. The smallest absolute Gasteiger partial charge is 0.343 e. The van der Waals surface area contributed by atoms with Crippen molar-refractivity contribution in [3.63, 3.8) is 0 Å². The van der Waals surface area contributed by atoms with Gasteiger partial charge in [0.1, 0.15) is 28.6 Å². The number of nitro groups is 1. The first kappa shape index (κ1) is 31.6. The first-order valence-electron chi connectivity index (χ1n) is 13.7. The van der Waals surface area contributed by atoms with Gasteiger partial charge in [-0.05, 0) is 79.6 Å². The third kappa shape index (κ3) is 8.62. The van der Waals surface area contributed by atoms with Crippen molar-refractivity contribution >= 4 is 40.6 Å². The number of hydrogen-bond donors (Lipinski definition) is 0. The average molecular weight is 618 g/mol. The molecule has 0 amide bonds. The lowest BCUT2D eigenvalue weighted by molar-refractivity contribution is -0.384. The summed E-state index contributed by atoms with van der Waals surface area (Å²) in [5, 5.41) is 19.2. The van der Waals surface area contributed by atoms with Crippen molar-refractivity contribution in [2.24, 2.45) is 10.2 Å². The molecule has 0 fully saturated rings. The molecule has 4 aromatic carbocycles. The Labute approximate surface area is 258 Å². The molecule has 0 saturated heterocycles. The molecule has 0 atom stereocenters. The third-order valence-electron chi connectivity index (χ3n) is 5.88. The number of esters is 2. The van der Waals surface area contributed by atoms with Gasteiger partial charge >= 0.3 is 11.9 Å². The van der Waals surface area contributed by atoms with Gasteiger partial charge in [-0.2, -0.15) is 0 Å². The Morgan fingerprint density at radius 1 is 0.705 bits per heavy atom. The van der Waals surface area contributed by atoms with E-state index >= 15 is 0 Å². The number of benzene rings is 4. The fourth-order valence-electron chi connectivity index (χ4n) is 3.66. The molecule has 0 spiro atoms. The summed E-state index contributed by atoms with van der Waals surface area (Å²) in [5.41, 5.74) is 0.577. The lowest BCUT2D eigenvalue weighted by Gasteiger charge is -2.11. The third-order valence-corrected chi connectivity index (χ3v) is 6.18. The second-order valence-electron chi connectivity index (χ2n) is 9.25. The van der Waals surface area contributed by atoms with Gasteiger partial charge in [0, 0.05) is 18.2 Å². The highest BCUT2D eigenvalue weighted by molar-refractivity contribution is 6.33. The zero-order valence-corrected chi connectivity index (χ0v) is 24.7. The maximum atomic E-state index is 13.0. The number of non-ortho nitro benzene ring substituents is 1. The number of azo groups is 1. The van der Waals surface area contributed by atoms with Crippen LogP contribution >= 0.6 is 11.6 Å². The largest absolute Gasteiger partial charge is 0.494 e. The summed E-state index contributed by atoms with van der Waals surface area (Å²) in [4.78, 5) is 36.3. The predicted octanol–water partition coefficient (Wildman–Crippen LogP) is 8.68. The van der Waals surface area contributed by atoms with E-state index in [2.05, 4.69) is 10.2 Å². The Balaban J connectivity index is 1.59. The Morgan fingerprint density at radius 3 is 1.73 bits per heavy atom. The van der Waals surface area contributed by atoms with E-state index in [9.17, 15) is 19.7 Å². The summed E-state index contributed by atoms with van der Waals surface area (Å²) in [6.45, 7) is 5.08. The fourth-order valence-corrected chi connectivity index (χ4v) is 3.87. The molecular weight excluding hydrogens is 590 g/mol. The van der Waals surface area contributed by atoms with Gasteiger partial charge in [-0.15, -0.1) is 10.2 Å². The molecule has 0 heterocycles. The van der Waals surface area contributed by atoms with Crippen LogP contribution in [0.2, 0.25) is 5.02 Å². The predicted molar refractivity (Wildman–Crippen MR) is 163 cm³/mol. The van der Waals surface area contributed by atoms with Crippen molar-refractivity contribution in [3.05, 3.63) is 111 Å². The molecule has 4 rings (SSSR count). The fraction of sp³-hybridized carbons (Fsp3) is 0.188. The summed E-state index contributed by atoms with van der Waals surface area (Å²) < 4.78 is 22.3. The molecular formula is C32H28ClN3O8. The maximum absolute atomic E-state index is 13.0. The Bertz CT molecular complexity index is 1660. The van der Waals surface area contributed by atoms with Crippen LogP contribution in [0.3, 0.4) is 0 Å². The van der Waals surface area contributed by atoms with Crippen molar-refractivity contribution in [1.82, 2.24) is 0 Å². The lowest BCUT2D eigenvalue weighted by atomic mass is 10.2. The Kier molecular flexibility index (Phi) is 11.0. The number of nitrogens with zero attached hydrogens (tertiary/aromatic N) is 3. The number of hydrogen-bond acceptors (Lipinski definition) is 10. The molecule has 0 aliphatic carbocycles. The summed E-state index contributed by atoms with van der Waals surface area (Å²) in [6, 6.07) is 20.9. The molecule has 44 heavy (non-hydrogen) atoms. The van der Waals surface area contributed by atoms with Crippen molar-refractivity contribution in [1.29, 1.82) is 0 Å². The van der Waals surface area contributed by atoms with Gasteiger partial charge in [-0.1, -0.05) is 25.4 Å². The summed E-state index contributed by atoms with van der Waals surface area (Å²) in [7, 11) is 0. The normalized spacial score (nSPS) is 10.8. The second kappa shape index (κ2) is 15.3. The molecule has 11 nitrogen and oxygen atoms in total. The van der Waals surface area contributed by atoms with Crippen LogP contribution in [-0.4, -0.2) is 30.1 Å². The van der Waals surface area contributed by atoms with Crippen LogP contribution in [0, 0.1) is 10.1 Å². The SMILES string of the molecule is CCCOc1ccc(C(=O)Oc2ccc(N=Nc3ccc([N+](=O)[O-])cc3Cl)c(OC(=O)c3ccc(OCCC)cc3)c2)cc1. The van der Waals surface area contributed by atoms with E-state index in [0.29, 0.717) is 24.7 Å². The number of carbonyl (C=O) groups excluding carboxylic acids is 2. The average Bonchev–Trinajstić information content (AvgIpc) is 3.03.